The largest absolute Gasteiger partial charge is 0.475 e. The van der Waals surface area contributed by atoms with Crippen LogP contribution in [0.25, 0.3) is 5.65 Å². The molecule has 0 aliphatic carbocycles. The summed E-state index contributed by atoms with van der Waals surface area (Å²) in [5.74, 6) is 0.700. The molecule has 1 atom stereocenters. The number of ether oxygens (including phenoxy) is 1. The number of ketones is 1. The van der Waals surface area contributed by atoms with Crippen LogP contribution in [0, 0.1) is 0 Å². The van der Waals surface area contributed by atoms with Crippen LogP contribution in [0.1, 0.15) is 68.9 Å². The second-order valence-electron chi connectivity index (χ2n) is 7.82. The van der Waals surface area contributed by atoms with Gasteiger partial charge < -0.3 is 9.14 Å². The zero-order valence-electron chi connectivity index (χ0n) is 18.7. The number of imidazole rings is 1. The minimum atomic E-state index is -0.0917. The molecule has 2 heterocycles. The average Bonchev–Trinajstić information content (AvgIpc) is 3.21. The summed E-state index contributed by atoms with van der Waals surface area (Å²) in [7, 11) is 0. The molecule has 0 saturated carbocycles. The number of fused-ring (bicyclic) bond motifs is 1. The monoisotopic (exact) mass is 485 g/mol. The quantitative estimate of drug-likeness (QED) is 0.221. The number of halogens is 1. The number of nitrogens with zero attached hydrogens (tertiary/aromatic N) is 3. The minimum absolute atomic E-state index is 0.0523. The van der Waals surface area contributed by atoms with Crippen molar-refractivity contribution in [3.63, 3.8) is 0 Å². The lowest BCUT2D eigenvalue weighted by Crippen LogP contribution is -2.40. The molecule has 0 bridgehead atoms. The fourth-order valence-electron chi connectivity index (χ4n) is 3.60. The molecule has 2 aromatic heterocycles. The van der Waals surface area contributed by atoms with Crippen molar-refractivity contribution in [1.29, 1.82) is 0 Å². The Morgan fingerprint density at radius 2 is 1.71 bits per heavy atom. The van der Waals surface area contributed by atoms with Gasteiger partial charge in [-0.2, -0.15) is 0 Å². The molecule has 1 unspecified atom stereocenters. The molecule has 31 heavy (non-hydrogen) atoms. The maximum absolute atomic E-state index is 12.9. The molecule has 0 fully saturated rings. The van der Waals surface area contributed by atoms with E-state index in [-0.39, 0.29) is 12.0 Å². The van der Waals surface area contributed by atoms with Gasteiger partial charge >= 0.3 is 0 Å². The normalized spacial score (nSPS) is 12.4. The van der Waals surface area contributed by atoms with E-state index in [0.29, 0.717) is 11.3 Å². The van der Waals surface area contributed by atoms with Crippen LogP contribution in [0.15, 0.2) is 53.3 Å². The van der Waals surface area contributed by atoms with E-state index < -0.39 is 0 Å². The summed E-state index contributed by atoms with van der Waals surface area (Å²) in [6, 6.07) is 11.2. The number of hydrogen-bond acceptors (Lipinski definition) is 4. The van der Waals surface area contributed by atoms with Gasteiger partial charge in [-0.15, -0.1) is 0 Å². The van der Waals surface area contributed by atoms with Crippen molar-refractivity contribution < 1.29 is 9.53 Å². The number of unbranched alkanes of at least 4 members (excludes halogenated alkanes) is 2. The van der Waals surface area contributed by atoms with E-state index in [1.54, 1.807) is 6.20 Å². The maximum atomic E-state index is 12.9. The van der Waals surface area contributed by atoms with Crippen molar-refractivity contribution in [2.45, 2.75) is 59.1 Å². The highest BCUT2D eigenvalue weighted by Gasteiger charge is 2.18. The molecular formula is C25H32BrN3O2. The third-order valence-corrected chi connectivity index (χ3v) is 5.86. The van der Waals surface area contributed by atoms with Gasteiger partial charge in [0.05, 0.1) is 0 Å². The smallest absolute Gasteiger partial charge is 0.212 e. The first kappa shape index (κ1) is 23.5. The van der Waals surface area contributed by atoms with Crippen molar-refractivity contribution in [1.82, 2.24) is 14.3 Å². The first-order valence-electron chi connectivity index (χ1n) is 11.2. The molecule has 1 aromatic carbocycles. The molecular weight excluding hydrogens is 454 g/mol. The Balaban J connectivity index is 1.70. The standard InChI is InChI=1S/C25H32BrN3O2/c1-4-7-15-28(16-8-5-2)24(6-3)31-21-12-9-19(10-13-21)25(30)22-18-29-17-20(26)11-14-23(29)27-22/h9-14,17-18,24H,4-8,15-16H2,1-3H3. The van der Waals surface area contributed by atoms with E-state index in [9.17, 15) is 4.79 Å². The lowest BCUT2D eigenvalue weighted by Gasteiger charge is -2.31. The van der Waals surface area contributed by atoms with Gasteiger partial charge in [0, 0.05) is 35.5 Å². The van der Waals surface area contributed by atoms with Crippen LogP contribution in [0.3, 0.4) is 0 Å². The van der Waals surface area contributed by atoms with Crippen LogP contribution in [0.5, 0.6) is 5.75 Å². The van der Waals surface area contributed by atoms with E-state index in [0.717, 1.165) is 35.4 Å². The number of carbonyl (C=O) groups is 1. The van der Waals surface area contributed by atoms with Gasteiger partial charge in [-0.05, 0) is 71.6 Å². The lowest BCUT2D eigenvalue weighted by molar-refractivity contribution is 0.0202. The fourth-order valence-corrected chi connectivity index (χ4v) is 3.95. The zero-order chi connectivity index (χ0) is 22.2. The first-order valence-corrected chi connectivity index (χ1v) is 12.0. The van der Waals surface area contributed by atoms with Crippen LogP contribution in [-0.4, -0.2) is 39.4 Å². The van der Waals surface area contributed by atoms with E-state index in [1.807, 2.05) is 47.0 Å². The van der Waals surface area contributed by atoms with Crippen LogP contribution < -0.4 is 4.74 Å². The molecule has 0 aliphatic heterocycles. The highest BCUT2D eigenvalue weighted by Crippen LogP contribution is 2.20. The summed E-state index contributed by atoms with van der Waals surface area (Å²) in [5, 5.41) is 0. The van der Waals surface area contributed by atoms with Gasteiger partial charge in [-0.25, -0.2) is 4.98 Å². The van der Waals surface area contributed by atoms with Crippen molar-refractivity contribution in [2.24, 2.45) is 0 Å². The second kappa shape index (κ2) is 11.4. The molecule has 0 aliphatic rings. The van der Waals surface area contributed by atoms with Gasteiger partial charge in [0.2, 0.25) is 5.78 Å². The van der Waals surface area contributed by atoms with Crippen LogP contribution in [0.4, 0.5) is 0 Å². The van der Waals surface area contributed by atoms with Crippen LogP contribution in [0.2, 0.25) is 0 Å². The number of aromatic nitrogens is 2. The average molecular weight is 486 g/mol. The van der Waals surface area contributed by atoms with Crippen molar-refractivity contribution in [3.05, 3.63) is 64.5 Å². The van der Waals surface area contributed by atoms with E-state index in [1.165, 1.54) is 25.7 Å². The van der Waals surface area contributed by atoms with E-state index in [4.69, 9.17) is 4.74 Å². The Morgan fingerprint density at radius 1 is 1.03 bits per heavy atom. The van der Waals surface area contributed by atoms with Crippen molar-refractivity contribution in [2.75, 3.05) is 13.1 Å². The predicted molar refractivity (Wildman–Crippen MR) is 129 cm³/mol. The van der Waals surface area contributed by atoms with Gasteiger partial charge in [0.25, 0.3) is 0 Å². The first-order chi connectivity index (χ1) is 15.0. The summed E-state index contributed by atoms with van der Waals surface area (Å²) < 4.78 is 9.10. The predicted octanol–water partition coefficient (Wildman–Crippen LogP) is 6.34. The van der Waals surface area contributed by atoms with Gasteiger partial charge in [-0.3, -0.25) is 9.69 Å². The summed E-state index contributed by atoms with van der Waals surface area (Å²) >= 11 is 3.44. The minimum Gasteiger partial charge on any atom is -0.475 e. The molecule has 0 radical (unpaired) electrons. The van der Waals surface area contributed by atoms with E-state index >= 15 is 0 Å². The zero-order valence-corrected chi connectivity index (χ0v) is 20.3. The molecule has 0 saturated heterocycles. The molecule has 5 nitrogen and oxygen atoms in total. The number of carbonyl (C=O) groups excluding carboxylic acids is 1. The number of rotatable bonds is 12. The molecule has 3 aromatic rings. The summed E-state index contributed by atoms with van der Waals surface area (Å²) in [4.78, 5) is 19.8. The Morgan fingerprint density at radius 3 is 2.32 bits per heavy atom. The summed E-state index contributed by atoms with van der Waals surface area (Å²) in [6.07, 6.45) is 9.33. The number of benzene rings is 1. The molecule has 6 heteroatoms. The van der Waals surface area contributed by atoms with Crippen LogP contribution >= 0.6 is 15.9 Å². The molecule has 0 N–H and O–H groups in total. The van der Waals surface area contributed by atoms with Crippen molar-refractivity contribution >= 4 is 27.4 Å². The third-order valence-electron chi connectivity index (χ3n) is 5.39. The topological polar surface area (TPSA) is 46.8 Å². The van der Waals surface area contributed by atoms with Crippen LogP contribution in [-0.2, 0) is 0 Å². The summed E-state index contributed by atoms with van der Waals surface area (Å²) in [6.45, 7) is 8.70. The number of hydrogen-bond donors (Lipinski definition) is 0. The molecule has 3 rings (SSSR count). The SMILES string of the molecule is CCCCN(CCCC)C(CC)Oc1ccc(C(=O)c2cn3cc(Br)ccc3n2)cc1. The lowest BCUT2D eigenvalue weighted by atomic mass is 10.1. The summed E-state index contributed by atoms with van der Waals surface area (Å²) in [5.41, 5.74) is 1.79. The maximum Gasteiger partial charge on any atom is 0.212 e. The molecule has 0 amide bonds. The molecule has 166 valence electrons. The van der Waals surface area contributed by atoms with Gasteiger partial charge in [0.1, 0.15) is 17.1 Å². The van der Waals surface area contributed by atoms with Gasteiger partial charge in [0.15, 0.2) is 6.23 Å². The van der Waals surface area contributed by atoms with E-state index in [2.05, 4.69) is 46.6 Å². The Bertz CT molecular complexity index is 976. The third kappa shape index (κ3) is 6.17. The highest BCUT2D eigenvalue weighted by molar-refractivity contribution is 9.10. The molecule has 0 spiro atoms. The van der Waals surface area contributed by atoms with Crippen molar-refractivity contribution in [3.8, 4) is 5.75 Å². The Kier molecular flexibility index (Phi) is 8.67. The number of pyridine rings is 1. The Hall–Kier alpha value is -2.18. The second-order valence-corrected chi connectivity index (χ2v) is 8.73. The van der Waals surface area contributed by atoms with Gasteiger partial charge in [-0.1, -0.05) is 33.6 Å². The Labute approximate surface area is 193 Å². The fraction of sp³-hybridized carbons (Fsp3) is 0.440. The highest BCUT2D eigenvalue weighted by atomic mass is 79.9.